The first-order chi connectivity index (χ1) is 7.51. The number of carbonyl (C=O) groups is 1. The maximum absolute atomic E-state index is 10.8. The van der Waals surface area contributed by atoms with Crippen LogP contribution in [0.1, 0.15) is 6.42 Å². The molecule has 5 N–H and O–H groups in total. The second-order valence-corrected chi connectivity index (χ2v) is 3.78. The standard InChI is InChI=1S/C9H17NO6/c1-15-9-4(2-6(10)12)7(13)8(14)5(3-11)16-9/h4-5,7-9,11,13-14H,2-3H2,1H3,(H2,10,12)/t4-,5+,7+,8+,9-/m0/s1. The minimum atomic E-state index is -1.26. The minimum absolute atomic E-state index is 0.158. The van der Waals surface area contributed by atoms with Crippen LogP contribution in [0.2, 0.25) is 0 Å². The van der Waals surface area contributed by atoms with Crippen LogP contribution in [0, 0.1) is 5.92 Å². The molecule has 0 bridgehead atoms. The number of ether oxygens (including phenoxy) is 2. The van der Waals surface area contributed by atoms with Crippen molar-refractivity contribution < 1.29 is 29.6 Å². The number of rotatable bonds is 4. The molecule has 1 amide bonds. The molecule has 94 valence electrons. The van der Waals surface area contributed by atoms with Crippen LogP contribution >= 0.6 is 0 Å². The van der Waals surface area contributed by atoms with Gasteiger partial charge in [0.15, 0.2) is 6.29 Å². The van der Waals surface area contributed by atoms with E-state index in [0.717, 1.165) is 0 Å². The average molecular weight is 235 g/mol. The number of amides is 1. The highest BCUT2D eigenvalue weighted by Gasteiger charge is 2.44. The van der Waals surface area contributed by atoms with Crippen molar-refractivity contribution in [2.75, 3.05) is 13.7 Å². The van der Waals surface area contributed by atoms with Gasteiger partial charge in [-0.25, -0.2) is 0 Å². The van der Waals surface area contributed by atoms with Gasteiger partial charge in [0, 0.05) is 19.4 Å². The molecule has 1 aliphatic rings. The lowest BCUT2D eigenvalue weighted by molar-refractivity contribution is -0.278. The number of carbonyl (C=O) groups excluding carboxylic acids is 1. The van der Waals surface area contributed by atoms with E-state index in [1.807, 2.05) is 0 Å². The molecule has 0 aromatic heterocycles. The molecule has 1 rings (SSSR count). The highest BCUT2D eigenvalue weighted by Crippen LogP contribution is 2.28. The lowest BCUT2D eigenvalue weighted by Crippen LogP contribution is -2.56. The summed E-state index contributed by atoms with van der Waals surface area (Å²) in [5, 5.41) is 28.3. The monoisotopic (exact) mass is 235 g/mol. The molecule has 0 spiro atoms. The van der Waals surface area contributed by atoms with Crippen molar-refractivity contribution in [3.8, 4) is 0 Å². The van der Waals surface area contributed by atoms with Gasteiger partial charge in [-0.05, 0) is 0 Å². The van der Waals surface area contributed by atoms with E-state index in [1.165, 1.54) is 7.11 Å². The van der Waals surface area contributed by atoms with E-state index in [0.29, 0.717) is 0 Å². The summed E-state index contributed by atoms with van der Waals surface area (Å²) in [4.78, 5) is 10.8. The number of hydrogen-bond donors (Lipinski definition) is 4. The average Bonchev–Trinajstić information content (AvgIpc) is 2.25. The third-order valence-electron chi connectivity index (χ3n) is 2.68. The van der Waals surface area contributed by atoms with Crippen molar-refractivity contribution >= 4 is 5.91 Å². The van der Waals surface area contributed by atoms with Crippen molar-refractivity contribution in [3.05, 3.63) is 0 Å². The van der Waals surface area contributed by atoms with Crippen LogP contribution in [-0.4, -0.2) is 59.5 Å². The molecule has 0 aliphatic carbocycles. The Balaban J connectivity index is 2.77. The highest BCUT2D eigenvalue weighted by atomic mass is 16.7. The van der Waals surface area contributed by atoms with Crippen molar-refractivity contribution in [3.63, 3.8) is 0 Å². The van der Waals surface area contributed by atoms with Crippen LogP contribution < -0.4 is 5.73 Å². The topological polar surface area (TPSA) is 122 Å². The number of methoxy groups -OCH3 is 1. The lowest BCUT2D eigenvalue weighted by atomic mass is 9.88. The summed E-state index contributed by atoms with van der Waals surface area (Å²) in [7, 11) is 1.34. The molecule has 0 aromatic rings. The van der Waals surface area contributed by atoms with Crippen molar-refractivity contribution in [1.29, 1.82) is 0 Å². The first kappa shape index (κ1) is 13.3. The number of primary amides is 1. The molecule has 0 radical (unpaired) electrons. The molecule has 7 nitrogen and oxygen atoms in total. The van der Waals surface area contributed by atoms with Crippen molar-refractivity contribution in [2.24, 2.45) is 11.7 Å². The van der Waals surface area contributed by atoms with Crippen LogP contribution in [0.5, 0.6) is 0 Å². The van der Waals surface area contributed by atoms with Gasteiger partial charge in [-0.15, -0.1) is 0 Å². The molecule has 1 heterocycles. The molecular formula is C9H17NO6. The van der Waals surface area contributed by atoms with Gasteiger partial charge < -0.3 is 30.5 Å². The second-order valence-electron chi connectivity index (χ2n) is 3.78. The van der Waals surface area contributed by atoms with Gasteiger partial charge in [0.1, 0.15) is 12.2 Å². The summed E-state index contributed by atoms with van der Waals surface area (Å²) < 4.78 is 10.1. The zero-order chi connectivity index (χ0) is 12.3. The van der Waals surface area contributed by atoms with Gasteiger partial charge >= 0.3 is 0 Å². The second kappa shape index (κ2) is 5.55. The Hall–Kier alpha value is -0.730. The summed E-state index contributed by atoms with van der Waals surface area (Å²) in [6.45, 7) is -0.443. The Morgan fingerprint density at radius 2 is 2.06 bits per heavy atom. The summed E-state index contributed by atoms with van der Waals surface area (Å²) >= 11 is 0. The number of aliphatic hydroxyl groups is 3. The molecule has 0 unspecified atom stereocenters. The zero-order valence-corrected chi connectivity index (χ0v) is 8.94. The number of aliphatic hydroxyl groups excluding tert-OH is 3. The maximum Gasteiger partial charge on any atom is 0.217 e. The molecule has 1 saturated heterocycles. The van der Waals surface area contributed by atoms with E-state index in [9.17, 15) is 15.0 Å². The fourth-order valence-electron chi connectivity index (χ4n) is 1.82. The Labute approximate surface area is 92.8 Å². The van der Waals surface area contributed by atoms with E-state index < -0.39 is 43.0 Å². The van der Waals surface area contributed by atoms with Gasteiger partial charge in [-0.2, -0.15) is 0 Å². The van der Waals surface area contributed by atoms with E-state index in [2.05, 4.69) is 0 Å². The molecular weight excluding hydrogens is 218 g/mol. The van der Waals surface area contributed by atoms with Gasteiger partial charge in [-0.3, -0.25) is 4.79 Å². The van der Waals surface area contributed by atoms with Gasteiger partial charge in [0.25, 0.3) is 0 Å². The largest absolute Gasteiger partial charge is 0.394 e. The smallest absolute Gasteiger partial charge is 0.217 e. The van der Waals surface area contributed by atoms with Gasteiger partial charge in [0.05, 0.1) is 12.7 Å². The van der Waals surface area contributed by atoms with Crippen molar-refractivity contribution in [1.82, 2.24) is 0 Å². The van der Waals surface area contributed by atoms with Crippen LogP contribution in [-0.2, 0) is 14.3 Å². The molecule has 5 atom stereocenters. The first-order valence-electron chi connectivity index (χ1n) is 4.94. The third-order valence-corrected chi connectivity index (χ3v) is 2.68. The molecule has 0 saturated carbocycles. The van der Waals surface area contributed by atoms with Crippen LogP contribution in [0.25, 0.3) is 0 Å². The third kappa shape index (κ3) is 2.69. The summed E-state index contributed by atoms with van der Waals surface area (Å²) in [5.74, 6) is -1.36. The van der Waals surface area contributed by atoms with Gasteiger partial charge in [0.2, 0.25) is 5.91 Å². The van der Waals surface area contributed by atoms with E-state index in [4.69, 9.17) is 20.3 Å². The fourth-order valence-corrected chi connectivity index (χ4v) is 1.82. The van der Waals surface area contributed by atoms with Crippen LogP contribution in [0.4, 0.5) is 0 Å². The maximum atomic E-state index is 10.8. The fraction of sp³-hybridized carbons (Fsp3) is 0.889. The minimum Gasteiger partial charge on any atom is -0.394 e. The number of hydrogen-bond acceptors (Lipinski definition) is 6. The number of nitrogens with two attached hydrogens (primary N) is 1. The Morgan fingerprint density at radius 3 is 2.50 bits per heavy atom. The predicted octanol–water partition coefficient (Wildman–Crippen LogP) is -2.44. The summed E-state index contributed by atoms with van der Waals surface area (Å²) in [6, 6.07) is 0. The van der Waals surface area contributed by atoms with Crippen LogP contribution in [0.15, 0.2) is 0 Å². The molecule has 0 aromatic carbocycles. The molecule has 7 heteroatoms. The zero-order valence-electron chi connectivity index (χ0n) is 8.94. The van der Waals surface area contributed by atoms with Gasteiger partial charge in [-0.1, -0.05) is 0 Å². The predicted molar refractivity (Wildman–Crippen MR) is 52.1 cm³/mol. The highest BCUT2D eigenvalue weighted by molar-refractivity contribution is 5.74. The Kier molecular flexibility index (Phi) is 4.63. The lowest BCUT2D eigenvalue weighted by Gasteiger charge is -2.41. The summed E-state index contributed by atoms with van der Waals surface area (Å²) in [5.41, 5.74) is 5.02. The Morgan fingerprint density at radius 1 is 1.44 bits per heavy atom. The molecule has 16 heavy (non-hydrogen) atoms. The van der Waals surface area contributed by atoms with E-state index >= 15 is 0 Å². The molecule has 1 aliphatic heterocycles. The normalized spacial score (nSPS) is 39.6. The van der Waals surface area contributed by atoms with E-state index in [1.54, 1.807) is 0 Å². The van der Waals surface area contributed by atoms with Crippen molar-refractivity contribution in [2.45, 2.75) is 31.0 Å². The van der Waals surface area contributed by atoms with E-state index in [-0.39, 0.29) is 6.42 Å². The first-order valence-corrected chi connectivity index (χ1v) is 4.94. The Bertz CT molecular complexity index is 246. The quantitative estimate of drug-likeness (QED) is 0.429. The summed E-state index contributed by atoms with van der Waals surface area (Å²) in [6.07, 6.45) is -4.44. The SMILES string of the molecule is CO[C@H]1O[C@H](CO)[C@@H](O)[C@H](O)[C@@H]1CC(N)=O. The molecule has 1 fully saturated rings. The van der Waals surface area contributed by atoms with Crippen LogP contribution in [0.3, 0.4) is 0 Å².